The summed E-state index contributed by atoms with van der Waals surface area (Å²) in [6, 6.07) is 22.8. The van der Waals surface area contributed by atoms with Crippen molar-refractivity contribution in [2.24, 2.45) is 0 Å². The second-order valence-electron chi connectivity index (χ2n) is 6.73. The number of rotatable bonds is 6. The van der Waals surface area contributed by atoms with Crippen LogP contribution in [0.5, 0.6) is 17.2 Å². The van der Waals surface area contributed by atoms with Gasteiger partial charge in [0.25, 0.3) is 0 Å². The highest BCUT2D eigenvalue weighted by molar-refractivity contribution is 6.87. The first kappa shape index (κ1) is 20.4. The van der Waals surface area contributed by atoms with Crippen LogP contribution in [0.4, 0.5) is 0 Å². The average Bonchev–Trinajstić information content (AvgIpc) is 2.83. The third kappa shape index (κ3) is 4.48. The molecule has 3 aromatic carbocycles. The molecule has 0 bridgehead atoms. The molecule has 1 heterocycles. The van der Waals surface area contributed by atoms with E-state index < -0.39 is 21.4 Å². The Morgan fingerprint density at radius 3 is 1.07 bits per heavy atom. The molecule has 9 heteroatoms. The number of hydrogen-bond donors (Lipinski definition) is 0. The molecule has 3 aromatic rings. The molecule has 0 radical (unpaired) electrons. The third-order valence-electron chi connectivity index (χ3n) is 4.84. The molecule has 30 heavy (non-hydrogen) atoms. The molecular formula is C21H21B3O6. The molecule has 1 aliphatic rings. The maximum atomic E-state index is 6.18. The van der Waals surface area contributed by atoms with E-state index in [-0.39, 0.29) is 0 Å². The second kappa shape index (κ2) is 9.30. The molecule has 0 aliphatic carbocycles. The third-order valence-corrected chi connectivity index (χ3v) is 4.84. The largest absolute Gasteiger partial charge is 0.497 e. The van der Waals surface area contributed by atoms with E-state index in [2.05, 4.69) is 0 Å². The fourth-order valence-corrected chi connectivity index (χ4v) is 3.27. The van der Waals surface area contributed by atoms with E-state index in [1.54, 1.807) is 21.3 Å². The van der Waals surface area contributed by atoms with Crippen molar-refractivity contribution in [3.8, 4) is 17.2 Å². The number of benzene rings is 3. The van der Waals surface area contributed by atoms with Crippen molar-refractivity contribution in [1.82, 2.24) is 0 Å². The summed E-state index contributed by atoms with van der Waals surface area (Å²) in [6.45, 7) is 0. The molecule has 0 saturated carbocycles. The highest BCUT2D eigenvalue weighted by Gasteiger charge is 2.43. The zero-order valence-electron chi connectivity index (χ0n) is 17.1. The van der Waals surface area contributed by atoms with Crippen molar-refractivity contribution >= 4 is 37.7 Å². The van der Waals surface area contributed by atoms with Gasteiger partial charge in [-0.15, -0.1) is 0 Å². The topological polar surface area (TPSA) is 55.4 Å². The molecule has 1 aliphatic heterocycles. The van der Waals surface area contributed by atoms with Crippen LogP contribution in [0.3, 0.4) is 0 Å². The van der Waals surface area contributed by atoms with Crippen molar-refractivity contribution in [3.63, 3.8) is 0 Å². The second-order valence-corrected chi connectivity index (χ2v) is 6.73. The molecule has 0 amide bonds. The predicted molar refractivity (Wildman–Crippen MR) is 118 cm³/mol. The first-order valence-corrected chi connectivity index (χ1v) is 9.58. The van der Waals surface area contributed by atoms with Crippen molar-refractivity contribution < 1.29 is 27.9 Å². The Labute approximate surface area is 177 Å². The average molecular weight is 402 g/mol. The molecule has 150 valence electrons. The first-order chi connectivity index (χ1) is 14.7. The fraction of sp³-hybridized carbons (Fsp3) is 0.143. The van der Waals surface area contributed by atoms with Gasteiger partial charge in [-0.25, -0.2) is 0 Å². The van der Waals surface area contributed by atoms with Crippen LogP contribution in [0.2, 0.25) is 0 Å². The molecule has 1 saturated heterocycles. The molecule has 0 aromatic heterocycles. The summed E-state index contributed by atoms with van der Waals surface area (Å²) < 4.78 is 34.6. The Bertz CT molecular complexity index is 869. The summed E-state index contributed by atoms with van der Waals surface area (Å²) >= 11 is 0. The maximum absolute atomic E-state index is 6.18. The Morgan fingerprint density at radius 2 is 0.800 bits per heavy atom. The molecule has 4 rings (SSSR count). The first-order valence-electron chi connectivity index (χ1n) is 9.58. The van der Waals surface area contributed by atoms with Gasteiger partial charge in [-0.2, -0.15) is 0 Å². The highest BCUT2D eigenvalue weighted by atomic mass is 16.7. The molecule has 0 N–H and O–H groups in total. The van der Waals surface area contributed by atoms with Gasteiger partial charge in [0, 0.05) is 0 Å². The highest BCUT2D eigenvalue weighted by Crippen LogP contribution is 2.16. The Hall–Kier alpha value is -2.87. The molecule has 0 unspecified atom stereocenters. The summed E-state index contributed by atoms with van der Waals surface area (Å²) in [5, 5.41) is 0. The smallest absolute Gasteiger partial charge is 0.467 e. The Morgan fingerprint density at radius 1 is 0.500 bits per heavy atom. The van der Waals surface area contributed by atoms with Gasteiger partial charge in [0.2, 0.25) is 0 Å². The summed E-state index contributed by atoms with van der Waals surface area (Å²) in [5.74, 6) is 2.17. The van der Waals surface area contributed by atoms with Gasteiger partial charge in [-0.3, -0.25) is 0 Å². The van der Waals surface area contributed by atoms with Crippen LogP contribution >= 0.6 is 0 Å². The summed E-state index contributed by atoms with van der Waals surface area (Å²) in [4.78, 5) is 0. The van der Waals surface area contributed by atoms with Gasteiger partial charge < -0.3 is 27.9 Å². The van der Waals surface area contributed by atoms with E-state index in [1.807, 2.05) is 72.8 Å². The van der Waals surface area contributed by atoms with E-state index in [0.29, 0.717) is 0 Å². The van der Waals surface area contributed by atoms with Crippen molar-refractivity contribution in [2.45, 2.75) is 0 Å². The van der Waals surface area contributed by atoms with Crippen LogP contribution in [0.15, 0.2) is 72.8 Å². The molecule has 0 spiro atoms. The summed E-state index contributed by atoms with van der Waals surface area (Å²) in [5.41, 5.74) is 2.50. The number of methoxy groups -OCH3 is 3. The number of hydrogen-bond acceptors (Lipinski definition) is 6. The van der Waals surface area contributed by atoms with E-state index in [0.717, 1.165) is 33.6 Å². The lowest BCUT2D eigenvalue weighted by Gasteiger charge is -2.31. The van der Waals surface area contributed by atoms with E-state index in [4.69, 9.17) is 27.9 Å². The standard InChI is InChI=1S/C21H21B3O6/c1-25-19-10-4-7-16(13-19)22-28-23(17-8-5-11-20(14-17)26-2)30-24(29-22)18-9-6-12-21(15-18)27-3/h4-15H,1-3H3. The normalized spacial score (nSPS) is 13.9. The van der Waals surface area contributed by atoms with Gasteiger partial charge in [0.05, 0.1) is 21.3 Å². The summed E-state index contributed by atoms with van der Waals surface area (Å²) in [6.07, 6.45) is 0. The van der Waals surface area contributed by atoms with Crippen LogP contribution in [0.25, 0.3) is 0 Å². The Balaban J connectivity index is 1.69. The molecule has 6 nitrogen and oxygen atoms in total. The quantitative estimate of drug-likeness (QED) is 0.580. The zero-order chi connectivity index (χ0) is 20.9. The van der Waals surface area contributed by atoms with Crippen LogP contribution in [-0.4, -0.2) is 42.7 Å². The van der Waals surface area contributed by atoms with Gasteiger partial charge >= 0.3 is 21.4 Å². The van der Waals surface area contributed by atoms with E-state index in [9.17, 15) is 0 Å². The lowest BCUT2D eigenvalue weighted by atomic mass is 9.61. The Kier molecular flexibility index (Phi) is 6.33. The predicted octanol–water partition coefficient (Wildman–Crippen LogP) is 1.26. The lowest BCUT2D eigenvalue weighted by Crippen LogP contribution is -2.61. The van der Waals surface area contributed by atoms with Gasteiger partial charge in [0.15, 0.2) is 0 Å². The SMILES string of the molecule is COc1cccc(B2OB(c3cccc(OC)c3)OB(c3cccc(OC)c3)O2)c1. The minimum absolute atomic E-state index is 0.652. The van der Waals surface area contributed by atoms with Gasteiger partial charge in [-0.1, -0.05) is 36.4 Å². The zero-order valence-corrected chi connectivity index (χ0v) is 17.1. The minimum atomic E-state index is -0.652. The maximum Gasteiger partial charge on any atom is 0.467 e. The van der Waals surface area contributed by atoms with Crippen molar-refractivity contribution in [2.75, 3.05) is 21.3 Å². The van der Waals surface area contributed by atoms with Gasteiger partial charge in [0.1, 0.15) is 17.2 Å². The van der Waals surface area contributed by atoms with Crippen molar-refractivity contribution in [1.29, 1.82) is 0 Å². The molecular weight excluding hydrogens is 381 g/mol. The molecule has 0 atom stereocenters. The number of ether oxygens (including phenoxy) is 3. The van der Waals surface area contributed by atoms with Gasteiger partial charge in [-0.05, 0) is 52.8 Å². The van der Waals surface area contributed by atoms with Crippen molar-refractivity contribution in [3.05, 3.63) is 72.8 Å². The fourth-order valence-electron chi connectivity index (χ4n) is 3.27. The summed E-state index contributed by atoms with van der Waals surface area (Å²) in [7, 11) is 2.93. The molecule has 1 fully saturated rings. The van der Waals surface area contributed by atoms with Crippen LogP contribution < -0.4 is 30.6 Å². The van der Waals surface area contributed by atoms with E-state index >= 15 is 0 Å². The van der Waals surface area contributed by atoms with Crippen LogP contribution in [-0.2, 0) is 13.7 Å². The van der Waals surface area contributed by atoms with Crippen LogP contribution in [0, 0.1) is 0 Å². The lowest BCUT2D eigenvalue weighted by molar-refractivity contribution is 0.308. The monoisotopic (exact) mass is 402 g/mol. The van der Waals surface area contributed by atoms with Crippen LogP contribution in [0.1, 0.15) is 0 Å². The van der Waals surface area contributed by atoms with E-state index in [1.165, 1.54) is 0 Å². The minimum Gasteiger partial charge on any atom is -0.497 e.